The van der Waals surface area contributed by atoms with Gasteiger partial charge in [-0.1, -0.05) is 28.1 Å². The number of hydrogen-bond donors (Lipinski definition) is 1. The fourth-order valence-electron chi connectivity index (χ4n) is 2.06. The Morgan fingerprint density at radius 1 is 1.29 bits per heavy atom. The van der Waals surface area contributed by atoms with E-state index in [1.807, 2.05) is 35.9 Å². The second kappa shape index (κ2) is 3.88. The average molecular weight is 292 g/mol. The number of rotatable bonds is 2. The van der Waals surface area contributed by atoms with Gasteiger partial charge in [-0.3, -0.25) is 0 Å². The van der Waals surface area contributed by atoms with E-state index in [-0.39, 0.29) is 0 Å². The number of halogens is 1. The molecule has 2 aromatic rings. The summed E-state index contributed by atoms with van der Waals surface area (Å²) in [6, 6.07) is 8.11. The summed E-state index contributed by atoms with van der Waals surface area (Å²) >= 11 is 3.43. The van der Waals surface area contributed by atoms with Crippen LogP contribution in [0.3, 0.4) is 0 Å². The Labute approximate surface area is 109 Å². The third-order valence-corrected chi connectivity index (χ3v) is 3.76. The number of anilines is 1. The van der Waals surface area contributed by atoms with E-state index < -0.39 is 0 Å². The Hall–Kier alpha value is -1.29. The summed E-state index contributed by atoms with van der Waals surface area (Å²) in [5.74, 6) is 2.50. The summed E-state index contributed by atoms with van der Waals surface area (Å²) in [5.41, 5.74) is 8.11. The van der Waals surface area contributed by atoms with E-state index >= 15 is 0 Å². The maximum atomic E-state index is 6.13. The van der Waals surface area contributed by atoms with Crippen LogP contribution in [0, 0.1) is 0 Å². The molecule has 0 saturated heterocycles. The van der Waals surface area contributed by atoms with Crippen molar-refractivity contribution >= 4 is 21.7 Å². The van der Waals surface area contributed by atoms with Crippen molar-refractivity contribution in [1.82, 2.24) is 9.55 Å². The highest BCUT2D eigenvalue weighted by molar-refractivity contribution is 9.10. The Kier molecular flexibility index (Phi) is 2.47. The number of nitrogens with zero attached hydrogens (tertiary/aromatic N) is 2. The van der Waals surface area contributed by atoms with Gasteiger partial charge in [0.1, 0.15) is 17.3 Å². The number of nitrogens with two attached hydrogens (primary N) is 1. The molecule has 1 heterocycles. The van der Waals surface area contributed by atoms with Crippen molar-refractivity contribution in [2.24, 2.45) is 7.05 Å². The highest BCUT2D eigenvalue weighted by atomic mass is 79.9. The van der Waals surface area contributed by atoms with Crippen molar-refractivity contribution in [1.29, 1.82) is 0 Å². The molecule has 17 heavy (non-hydrogen) atoms. The number of hydrogen-bond acceptors (Lipinski definition) is 2. The molecule has 2 N–H and O–H groups in total. The van der Waals surface area contributed by atoms with Crippen LogP contribution in [0.15, 0.2) is 28.7 Å². The van der Waals surface area contributed by atoms with Crippen LogP contribution in [-0.4, -0.2) is 9.55 Å². The summed E-state index contributed by atoms with van der Waals surface area (Å²) in [5, 5.41) is 0. The molecule has 0 aliphatic heterocycles. The first kappa shape index (κ1) is 10.8. The van der Waals surface area contributed by atoms with E-state index in [0.29, 0.717) is 5.92 Å². The van der Waals surface area contributed by atoms with E-state index in [1.54, 1.807) is 0 Å². The molecular formula is C13H14BrN3. The van der Waals surface area contributed by atoms with Crippen molar-refractivity contribution in [3.05, 3.63) is 34.6 Å². The van der Waals surface area contributed by atoms with Crippen LogP contribution in [0.5, 0.6) is 0 Å². The van der Waals surface area contributed by atoms with Gasteiger partial charge in [0.05, 0.1) is 0 Å². The third-order valence-electron chi connectivity index (χ3n) is 3.23. The maximum Gasteiger partial charge on any atom is 0.131 e. The largest absolute Gasteiger partial charge is 0.383 e. The summed E-state index contributed by atoms with van der Waals surface area (Å²) < 4.78 is 3.09. The molecule has 1 saturated carbocycles. The number of nitrogen functional groups attached to an aromatic ring is 1. The third kappa shape index (κ3) is 1.86. The molecule has 0 radical (unpaired) electrons. The molecule has 0 atom stereocenters. The van der Waals surface area contributed by atoms with Gasteiger partial charge in [-0.15, -0.1) is 0 Å². The Morgan fingerprint density at radius 3 is 2.53 bits per heavy atom. The van der Waals surface area contributed by atoms with Crippen LogP contribution in [0.1, 0.15) is 24.6 Å². The molecule has 3 nitrogen and oxygen atoms in total. The van der Waals surface area contributed by atoms with Crippen molar-refractivity contribution in [2.45, 2.75) is 18.8 Å². The monoisotopic (exact) mass is 291 g/mol. The molecule has 0 bridgehead atoms. The first-order valence-corrected chi connectivity index (χ1v) is 6.54. The fraction of sp³-hybridized carbons (Fsp3) is 0.308. The second-order valence-corrected chi connectivity index (χ2v) is 5.46. The summed E-state index contributed by atoms with van der Waals surface area (Å²) in [6.45, 7) is 0. The molecule has 1 aromatic heterocycles. The lowest BCUT2D eigenvalue weighted by Crippen LogP contribution is -2.00. The van der Waals surface area contributed by atoms with E-state index in [9.17, 15) is 0 Å². The quantitative estimate of drug-likeness (QED) is 0.923. The first-order chi connectivity index (χ1) is 8.16. The SMILES string of the molecule is Cn1c(C2CC2)nc(-c2ccc(Br)cc2)c1N. The minimum Gasteiger partial charge on any atom is -0.383 e. The van der Waals surface area contributed by atoms with Crippen molar-refractivity contribution < 1.29 is 0 Å². The van der Waals surface area contributed by atoms with Crippen molar-refractivity contribution in [3.8, 4) is 11.3 Å². The van der Waals surface area contributed by atoms with Gasteiger partial charge in [0.25, 0.3) is 0 Å². The van der Waals surface area contributed by atoms with Crippen LogP contribution < -0.4 is 5.73 Å². The summed E-state index contributed by atoms with van der Waals surface area (Å²) in [4.78, 5) is 4.69. The van der Waals surface area contributed by atoms with Crippen LogP contribution in [-0.2, 0) is 7.05 Å². The highest BCUT2D eigenvalue weighted by Crippen LogP contribution is 2.41. The minimum absolute atomic E-state index is 0.617. The molecule has 1 fully saturated rings. The molecule has 88 valence electrons. The van der Waals surface area contributed by atoms with E-state index in [1.165, 1.54) is 12.8 Å². The zero-order valence-electron chi connectivity index (χ0n) is 9.65. The lowest BCUT2D eigenvalue weighted by Gasteiger charge is -2.01. The standard InChI is InChI=1S/C13H14BrN3/c1-17-12(15)11(16-13(17)9-2-3-9)8-4-6-10(14)7-5-8/h4-7,9H,2-3,15H2,1H3. The molecular weight excluding hydrogens is 278 g/mol. The lowest BCUT2D eigenvalue weighted by atomic mass is 10.1. The molecule has 4 heteroatoms. The lowest BCUT2D eigenvalue weighted by molar-refractivity contribution is 0.807. The molecule has 1 aromatic carbocycles. The smallest absolute Gasteiger partial charge is 0.131 e. The van der Waals surface area contributed by atoms with Crippen LogP contribution in [0.4, 0.5) is 5.82 Å². The van der Waals surface area contributed by atoms with Crippen molar-refractivity contribution in [2.75, 3.05) is 5.73 Å². The predicted octanol–water partition coefficient (Wildman–Crippen LogP) is 3.31. The predicted molar refractivity (Wildman–Crippen MR) is 72.7 cm³/mol. The van der Waals surface area contributed by atoms with Gasteiger partial charge in [-0.05, 0) is 25.0 Å². The summed E-state index contributed by atoms with van der Waals surface area (Å²) in [6.07, 6.45) is 2.48. The molecule has 0 spiro atoms. The van der Waals surface area contributed by atoms with Gasteiger partial charge in [0.15, 0.2) is 0 Å². The van der Waals surface area contributed by atoms with Gasteiger partial charge in [0, 0.05) is 23.0 Å². The van der Waals surface area contributed by atoms with Crippen LogP contribution >= 0.6 is 15.9 Å². The Balaban J connectivity index is 2.08. The molecule has 0 unspecified atom stereocenters. The van der Waals surface area contributed by atoms with Gasteiger partial charge in [0.2, 0.25) is 0 Å². The van der Waals surface area contributed by atoms with Gasteiger partial charge in [-0.2, -0.15) is 0 Å². The maximum absolute atomic E-state index is 6.13. The Bertz CT molecular complexity index is 553. The first-order valence-electron chi connectivity index (χ1n) is 5.75. The normalized spacial score (nSPS) is 15.2. The molecule has 3 rings (SSSR count). The van der Waals surface area contributed by atoms with Crippen LogP contribution in [0.25, 0.3) is 11.3 Å². The van der Waals surface area contributed by atoms with E-state index in [0.717, 1.165) is 27.4 Å². The van der Waals surface area contributed by atoms with Crippen LogP contribution in [0.2, 0.25) is 0 Å². The minimum atomic E-state index is 0.617. The zero-order chi connectivity index (χ0) is 12.0. The van der Waals surface area contributed by atoms with Gasteiger partial charge in [-0.25, -0.2) is 4.98 Å². The topological polar surface area (TPSA) is 43.8 Å². The fourth-order valence-corrected chi connectivity index (χ4v) is 2.32. The Morgan fingerprint density at radius 2 is 1.94 bits per heavy atom. The van der Waals surface area contributed by atoms with Crippen molar-refractivity contribution in [3.63, 3.8) is 0 Å². The number of aromatic nitrogens is 2. The van der Waals surface area contributed by atoms with Gasteiger partial charge < -0.3 is 10.3 Å². The zero-order valence-corrected chi connectivity index (χ0v) is 11.2. The second-order valence-electron chi connectivity index (χ2n) is 4.54. The van der Waals surface area contributed by atoms with E-state index in [4.69, 9.17) is 10.7 Å². The highest BCUT2D eigenvalue weighted by Gasteiger charge is 2.29. The summed E-state index contributed by atoms with van der Waals surface area (Å²) in [7, 11) is 2.00. The molecule has 0 amide bonds. The number of imidazole rings is 1. The average Bonchev–Trinajstić information content (AvgIpc) is 3.11. The van der Waals surface area contributed by atoms with Gasteiger partial charge >= 0.3 is 0 Å². The van der Waals surface area contributed by atoms with E-state index in [2.05, 4.69) is 15.9 Å². The number of benzene rings is 1. The molecule has 1 aliphatic carbocycles. The molecule has 1 aliphatic rings.